The molecule has 0 unspecified atom stereocenters. The molecule has 3 heteroatoms. The van der Waals surface area contributed by atoms with E-state index in [-0.39, 0.29) is 5.78 Å². The number of nitrogens with zero attached hydrogens (tertiary/aromatic N) is 2. The van der Waals surface area contributed by atoms with Crippen molar-refractivity contribution in [2.45, 2.75) is 53.1 Å². The van der Waals surface area contributed by atoms with Gasteiger partial charge in [-0.25, -0.2) is 0 Å². The number of carbonyl (C=O) groups is 1. The highest BCUT2D eigenvalue weighted by Gasteiger charge is 2.29. The fraction of sp³-hybridized carbons (Fsp3) is 0.667. The number of hydrogen-bond donors (Lipinski definition) is 0. The maximum atomic E-state index is 12.4. The number of rotatable bonds is 6. The highest BCUT2D eigenvalue weighted by atomic mass is 16.1. The van der Waals surface area contributed by atoms with Crippen molar-refractivity contribution in [2.24, 2.45) is 0 Å². The van der Waals surface area contributed by atoms with Crippen LogP contribution in [0.3, 0.4) is 0 Å². The zero-order chi connectivity index (χ0) is 13.3. The Morgan fingerprint density at radius 3 is 2.50 bits per heavy atom. The van der Waals surface area contributed by atoms with Crippen LogP contribution in [0.25, 0.3) is 0 Å². The summed E-state index contributed by atoms with van der Waals surface area (Å²) in [5, 5.41) is 0. The summed E-state index contributed by atoms with van der Waals surface area (Å²) in [7, 11) is 0. The number of ketones is 1. The number of carbonyl (C=O) groups excluding carboxylic acids is 1. The molecule has 0 N–H and O–H groups in total. The van der Waals surface area contributed by atoms with Gasteiger partial charge < -0.3 is 4.57 Å². The van der Waals surface area contributed by atoms with Crippen LogP contribution in [0.1, 0.15) is 48.4 Å². The third-order valence-corrected chi connectivity index (χ3v) is 4.01. The minimum Gasteiger partial charge on any atom is -0.349 e. The predicted octanol–water partition coefficient (Wildman–Crippen LogP) is 2.79. The van der Waals surface area contributed by atoms with Crippen molar-refractivity contribution in [2.75, 3.05) is 13.1 Å². The highest BCUT2D eigenvalue weighted by molar-refractivity contribution is 5.99. The van der Waals surface area contributed by atoms with Crippen molar-refractivity contribution in [3.05, 3.63) is 23.0 Å². The van der Waals surface area contributed by atoms with E-state index in [9.17, 15) is 4.79 Å². The molecule has 0 spiro atoms. The first-order valence-electron chi connectivity index (χ1n) is 7.02. The summed E-state index contributed by atoms with van der Waals surface area (Å²) in [5.41, 5.74) is 3.22. The number of likely N-dealkylation sites (N-methyl/N-ethyl adjacent to an activating group) is 1. The lowest BCUT2D eigenvalue weighted by atomic mass is 10.1. The van der Waals surface area contributed by atoms with Gasteiger partial charge in [0, 0.05) is 29.5 Å². The number of hydrogen-bond acceptors (Lipinski definition) is 2. The fourth-order valence-electron chi connectivity index (χ4n) is 2.78. The molecule has 1 heterocycles. The summed E-state index contributed by atoms with van der Waals surface area (Å²) in [6, 6.07) is 2.70. The molecule has 1 aromatic rings. The Morgan fingerprint density at radius 2 is 2.06 bits per heavy atom. The number of aryl methyl sites for hydroxylation is 1. The van der Waals surface area contributed by atoms with Crippen LogP contribution in [0, 0.1) is 13.8 Å². The largest absolute Gasteiger partial charge is 0.349 e. The zero-order valence-corrected chi connectivity index (χ0v) is 12.0. The molecule has 1 aliphatic carbocycles. The van der Waals surface area contributed by atoms with Crippen LogP contribution in [0.15, 0.2) is 6.07 Å². The quantitative estimate of drug-likeness (QED) is 0.723. The fourth-order valence-corrected chi connectivity index (χ4v) is 2.78. The molecule has 1 saturated carbocycles. The van der Waals surface area contributed by atoms with E-state index >= 15 is 0 Å². The molecule has 1 fully saturated rings. The predicted molar refractivity (Wildman–Crippen MR) is 74.2 cm³/mol. The van der Waals surface area contributed by atoms with Gasteiger partial charge in [-0.3, -0.25) is 9.69 Å². The molecule has 0 aliphatic heterocycles. The van der Waals surface area contributed by atoms with E-state index in [2.05, 4.69) is 37.2 Å². The lowest BCUT2D eigenvalue weighted by Gasteiger charge is -2.18. The summed E-state index contributed by atoms with van der Waals surface area (Å²) in [4.78, 5) is 14.7. The van der Waals surface area contributed by atoms with Crippen LogP contribution in [0.5, 0.6) is 0 Å². The standard InChI is InChI=1S/C15H24N2O/c1-5-16(13-7-8-13)10-15(18)14-9-11(3)17(6-2)12(14)4/h9,13H,5-8,10H2,1-4H3. The first-order chi connectivity index (χ1) is 8.58. The Morgan fingerprint density at radius 1 is 1.39 bits per heavy atom. The molecule has 1 aromatic heterocycles. The van der Waals surface area contributed by atoms with E-state index in [0.717, 1.165) is 24.3 Å². The number of Topliss-reactive ketones (excluding diaryl/α,β-unsaturated/α-hetero) is 1. The smallest absolute Gasteiger partial charge is 0.178 e. The third-order valence-electron chi connectivity index (χ3n) is 4.01. The van der Waals surface area contributed by atoms with Gasteiger partial charge in [0.1, 0.15) is 0 Å². The normalized spacial score (nSPS) is 15.4. The average molecular weight is 248 g/mol. The van der Waals surface area contributed by atoms with Gasteiger partial charge in [0.2, 0.25) is 0 Å². The minimum atomic E-state index is 0.275. The van der Waals surface area contributed by atoms with Gasteiger partial charge in [-0.1, -0.05) is 6.92 Å². The Labute approximate surface area is 110 Å². The molecule has 0 bridgehead atoms. The van der Waals surface area contributed by atoms with Crippen molar-refractivity contribution in [3.63, 3.8) is 0 Å². The Bertz CT molecular complexity index is 444. The molecule has 100 valence electrons. The SMILES string of the molecule is CCN(CC(=O)c1cc(C)n(CC)c1C)C1CC1. The lowest BCUT2D eigenvalue weighted by molar-refractivity contribution is 0.0928. The zero-order valence-electron chi connectivity index (χ0n) is 12.0. The summed E-state index contributed by atoms with van der Waals surface area (Å²) < 4.78 is 2.21. The molecule has 0 aromatic carbocycles. The van der Waals surface area contributed by atoms with Crippen LogP contribution in [-0.2, 0) is 6.54 Å². The number of aromatic nitrogens is 1. The molecular formula is C15H24N2O. The molecular weight excluding hydrogens is 224 g/mol. The van der Waals surface area contributed by atoms with Crippen molar-refractivity contribution < 1.29 is 4.79 Å². The topological polar surface area (TPSA) is 25.2 Å². The van der Waals surface area contributed by atoms with Crippen LogP contribution < -0.4 is 0 Å². The summed E-state index contributed by atoms with van der Waals surface area (Å²) >= 11 is 0. The third kappa shape index (κ3) is 2.51. The van der Waals surface area contributed by atoms with E-state index in [4.69, 9.17) is 0 Å². The molecule has 2 rings (SSSR count). The molecule has 0 radical (unpaired) electrons. The Hall–Kier alpha value is -1.09. The van der Waals surface area contributed by atoms with E-state index in [1.807, 2.05) is 6.07 Å². The molecule has 1 aliphatic rings. The van der Waals surface area contributed by atoms with Crippen LogP contribution >= 0.6 is 0 Å². The average Bonchev–Trinajstić information content (AvgIpc) is 3.13. The van der Waals surface area contributed by atoms with Crippen LogP contribution in [0.4, 0.5) is 0 Å². The van der Waals surface area contributed by atoms with Gasteiger partial charge in [-0.2, -0.15) is 0 Å². The highest BCUT2D eigenvalue weighted by Crippen LogP contribution is 2.27. The lowest BCUT2D eigenvalue weighted by Crippen LogP contribution is -2.31. The van der Waals surface area contributed by atoms with Crippen molar-refractivity contribution >= 4 is 5.78 Å². The van der Waals surface area contributed by atoms with Crippen molar-refractivity contribution in [1.82, 2.24) is 9.47 Å². The van der Waals surface area contributed by atoms with Gasteiger partial charge in [-0.05, 0) is 46.2 Å². The Kier molecular flexibility index (Phi) is 3.91. The van der Waals surface area contributed by atoms with Gasteiger partial charge in [0.15, 0.2) is 5.78 Å². The second-order valence-corrected chi connectivity index (χ2v) is 5.25. The summed E-state index contributed by atoms with van der Waals surface area (Å²) in [6.45, 7) is 10.9. The first-order valence-corrected chi connectivity index (χ1v) is 7.02. The van der Waals surface area contributed by atoms with Gasteiger partial charge in [0.05, 0.1) is 6.54 Å². The molecule has 18 heavy (non-hydrogen) atoms. The van der Waals surface area contributed by atoms with E-state index in [1.165, 1.54) is 18.5 Å². The Balaban J connectivity index is 2.13. The maximum absolute atomic E-state index is 12.4. The molecule has 0 atom stereocenters. The van der Waals surface area contributed by atoms with E-state index < -0.39 is 0 Å². The van der Waals surface area contributed by atoms with Gasteiger partial charge in [-0.15, -0.1) is 0 Å². The van der Waals surface area contributed by atoms with Gasteiger partial charge in [0.25, 0.3) is 0 Å². The van der Waals surface area contributed by atoms with Gasteiger partial charge >= 0.3 is 0 Å². The first kappa shape index (κ1) is 13.3. The summed E-state index contributed by atoms with van der Waals surface area (Å²) in [6.07, 6.45) is 2.52. The van der Waals surface area contributed by atoms with E-state index in [0.29, 0.717) is 12.6 Å². The molecule has 0 amide bonds. The maximum Gasteiger partial charge on any atom is 0.178 e. The van der Waals surface area contributed by atoms with Crippen LogP contribution in [-0.4, -0.2) is 34.4 Å². The summed E-state index contributed by atoms with van der Waals surface area (Å²) in [5.74, 6) is 0.275. The second-order valence-electron chi connectivity index (χ2n) is 5.25. The second kappa shape index (κ2) is 5.27. The monoisotopic (exact) mass is 248 g/mol. The van der Waals surface area contributed by atoms with Crippen LogP contribution in [0.2, 0.25) is 0 Å². The van der Waals surface area contributed by atoms with Crippen molar-refractivity contribution in [3.8, 4) is 0 Å². The molecule has 0 saturated heterocycles. The molecule has 3 nitrogen and oxygen atoms in total. The minimum absolute atomic E-state index is 0.275. The van der Waals surface area contributed by atoms with Crippen molar-refractivity contribution in [1.29, 1.82) is 0 Å². The van der Waals surface area contributed by atoms with E-state index in [1.54, 1.807) is 0 Å².